The Labute approximate surface area is 113 Å². The van der Waals surface area contributed by atoms with E-state index in [1.54, 1.807) is 12.1 Å². The summed E-state index contributed by atoms with van der Waals surface area (Å²) in [6, 6.07) is 1.84. The van der Waals surface area contributed by atoms with E-state index in [1.165, 1.54) is 7.11 Å². The van der Waals surface area contributed by atoms with Gasteiger partial charge in [0.1, 0.15) is 12.1 Å². The van der Waals surface area contributed by atoms with Crippen molar-refractivity contribution in [2.45, 2.75) is 18.5 Å². The van der Waals surface area contributed by atoms with Gasteiger partial charge in [-0.15, -0.1) is 0 Å². The summed E-state index contributed by atoms with van der Waals surface area (Å²) < 4.78 is 4.65. The number of esters is 1. The minimum absolute atomic E-state index is 0.213. The van der Waals surface area contributed by atoms with Crippen molar-refractivity contribution >= 4 is 34.9 Å². The number of carbonyl (C=O) groups excluding carboxylic acids is 1. The second-order valence-corrected chi connectivity index (χ2v) is 4.77. The minimum atomic E-state index is -0.685. The molecule has 0 spiro atoms. The fraction of sp³-hybridized carbons (Fsp3) is 0.364. The molecular formula is C11H10Cl2N2O3. The first-order chi connectivity index (χ1) is 8.56. The number of nitrogens with zero attached hydrogens (tertiary/aromatic N) is 1. The molecule has 0 amide bonds. The Kier molecular flexibility index (Phi) is 3.73. The highest BCUT2D eigenvalue weighted by molar-refractivity contribution is 6.35. The van der Waals surface area contributed by atoms with Crippen LogP contribution in [0, 0.1) is 4.91 Å². The molecule has 2 atom stereocenters. The molecule has 0 fully saturated rings. The molecule has 18 heavy (non-hydrogen) atoms. The molecule has 1 N–H and O–H groups in total. The van der Waals surface area contributed by atoms with Gasteiger partial charge in [0.25, 0.3) is 0 Å². The lowest BCUT2D eigenvalue weighted by Crippen LogP contribution is -2.35. The quantitative estimate of drug-likeness (QED) is 0.670. The van der Waals surface area contributed by atoms with Crippen molar-refractivity contribution in [1.29, 1.82) is 0 Å². The number of halogens is 2. The maximum atomic E-state index is 11.5. The van der Waals surface area contributed by atoms with Crippen LogP contribution in [-0.4, -0.2) is 19.1 Å². The van der Waals surface area contributed by atoms with Gasteiger partial charge in [-0.2, -0.15) is 4.91 Å². The number of anilines is 1. The molecule has 1 heterocycles. The monoisotopic (exact) mass is 288 g/mol. The fourth-order valence-electron chi connectivity index (χ4n) is 2.02. The summed E-state index contributed by atoms with van der Waals surface area (Å²) >= 11 is 11.9. The zero-order valence-corrected chi connectivity index (χ0v) is 11.0. The van der Waals surface area contributed by atoms with E-state index in [9.17, 15) is 9.70 Å². The van der Waals surface area contributed by atoms with Gasteiger partial charge in [-0.1, -0.05) is 28.4 Å². The van der Waals surface area contributed by atoms with Crippen molar-refractivity contribution in [3.63, 3.8) is 0 Å². The van der Waals surface area contributed by atoms with Gasteiger partial charge < -0.3 is 10.1 Å². The van der Waals surface area contributed by atoms with E-state index in [0.29, 0.717) is 21.3 Å². The Balaban J connectivity index is 2.45. The maximum Gasteiger partial charge on any atom is 0.328 e. The molecule has 0 saturated heterocycles. The highest BCUT2D eigenvalue weighted by Gasteiger charge is 2.33. The van der Waals surface area contributed by atoms with Crippen LogP contribution in [-0.2, 0) is 9.53 Å². The van der Waals surface area contributed by atoms with E-state index in [1.807, 2.05) is 0 Å². The largest absolute Gasteiger partial charge is 0.467 e. The molecule has 96 valence electrons. The second kappa shape index (κ2) is 5.12. The first-order valence-electron chi connectivity index (χ1n) is 5.22. The highest BCUT2D eigenvalue weighted by atomic mass is 35.5. The minimum Gasteiger partial charge on any atom is -0.467 e. The van der Waals surface area contributed by atoms with Gasteiger partial charge in [-0.3, -0.25) is 0 Å². The number of hydrogen-bond donors (Lipinski definition) is 1. The Morgan fingerprint density at radius 1 is 1.50 bits per heavy atom. The van der Waals surface area contributed by atoms with Crippen LogP contribution in [0.25, 0.3) is 0 Å². The van der Waals surface area contributed by atoms with E-state index >= 15 is 0 Å². The fourth-order valence-corrected chi connectivity index (χ4v) is 2.64. The average Bonchev–Trinajstić information content (AvgIpc) is 2.35. The normalized spacial score (nSPS) is 21.7. The number of carbonyl (C=O) groups is 1. The molecule has 2 unspecified atom stereocenters. The van der Waals surface area contributed by atoms with Gasteiger partial charge in [-0.25, -0.2) is 4.79 Å². The van der Waals surface area contributed by atoms with E-state index in [-0.39, 0.29) is 6.42 Å². The summed E-state index contributed by atoms with van der Waals surface area (Å²) in [5, 5.41) is 6.75. The van der Waals surface area contributed by atoms with E-state index in [0.717, 1.165) is 0 Å². The third-order valence-corrected chi connectivity index (χ3v) is 3.36. The summed E-state index contributed by atoms with van der Waals surface area (Å²) in [5.41, 5.74) is 1.11. The summed E-state index contributed by atoms with van der Waals surface area (Å²) in [5.74, 6) is -0.453. The molecule has 0 saturated carbocycles. The Morgan fingerprint density at radius 3 is 2.83 bits per heavy atom. The zero-order chi connectivity index (χ0) is 13.3. The van der Waals surface area contributed by atoms with E-state index in [4.69, 9.17) is 23.2 Å². The van der Waals surface area contributed by atoms with Gasteiger partial charge in [0.05, 0.1) is 7.11 Å². The van der Waals surface area contributed by atoms with E-state index < -0.39 is 18.1 Å². The first-order valence-corrected chi connectivity index (χ1v) is 5.98. The summed E-state index contributed by atoms with van der Waals surface area (Å²) in [7, 11) is 1.29. The lowest BCUT2D eigenvalue weighted by molar-refractivity contribution is -0.141. The molecule has 2 rings (SSSR count). The molecule has 0 aromatic heterocycles. The van der Waals surface area contributed by atoms with Crippen molar-refractivity contribution in [2.75, 3.05) is 12.4 Å². The molecule has 5 nitrogen and oxygen atoms in total. The predicted molar refractivity (Wildman–Crippen MR) is 69.0 cm³/mol. The van der Waals surface area contributed by atoms with Crippen LogP contribution in [0.4, 0.5) is 5.69 Å². The van der Waals surface area contributed by atoms with Crippen LogP contribution in [0.5, 0.6) is 0 Å². The van der Waals surface area contributed by atoms with Crippen molar-refractivity contribution in [3.05, 3.63) is 32.6 Å². The van der Waals surface area contributed by atoms with Crippen LogP contribution in [0.1, 0.15) is 18.0 Å². The van der Waals surface area contributed by atoms with Crippen molar-refractivity contribution in [3.8, 4) is 0 Å². The third-order valence-electron chi connectivity index (χ3n) is 2.83. The Hall–Kier alpha value is -1.33. The molecule has 0 aliphatic carbocycles. The number of nitroso groups, excluding NO2 is 1. The smallest absolute Gasteiger partial charge is 0.328 e. The van der Waals surface area contributed by atoms with Gasteiger partial charge in [0.2, 0.25) is 0 Å². The van der Waals surface area contributed by atoms with Crippen molar-refractivity contribution < 1.29 is 9.53 Å². The van der Waals surface area contributed by atoms with Crippen LogP contribution in [0.15, 0.2) is 17.3 Å². The lowest BCUT2D eigenvalue weighted by Gasteiger charge is -2.29. The number of benzene rings is 1. The zero-order valence-electron chi connectivity index (χ0n) is 9.44. The predicted octanol–water partition coefficient (Wildman–Crippen LogP) is 3.16. The number of fused-ring (bicyclic) bond motifs is 1. The van der Waals surface area contributed by atoms with Crippen LogP contribution in [0.3, 0.4) is 0 Å². The molecule has 1 aromatic carbocycles. The van der Waals surface area contributed by atoms with Crippen LogP contribution in [0.2, 0.25) is 10.0 Å². The maximum absolute atomic E-state index is 11.5. The number of rotatable bonds is 2. The van der Waals surface area contributed by atoms with Gasteiger partial charge in [0.15, 0.2) is 0 Å². The molecule has 1 aromatic rings. The topological polar surface area (TPSA) is 67.8 Å². The number of nitrogens with one attached hydrogen (secondary N) is 1. The standard InChI is InChI=1S/C11H10Cl2N2O3/c1-18-11(16)9-4-8(15-17)10-6(13)2-5(12)3-7(10)14-9/h2-3,8-9,14H,4H2,1H3. The van der Waals surface area contributed by atoms with Crippen LogP contribution >= 0.6 is 23.2 Å². The van der Waals surface area contributed by atoms with Gasteiger partial charge in [-0.05, 0) is 12.1 Å². The number of ether oxygens (including phenoxy) is 1. The molecule has 0 bridgehead atoms. The molecule has 0 radical (unpaired) electrons. The third kappa shape index (κ3) is 2.28. The van der Waals surface area contributed by atoms with Crippen LogP contribution < -0.4 is 5.32 Å². The number of methoxy groups -OCH3 is 1. The Morgan fingerprint density at radius 2 is 2.22 bits per heavy atom. The summed E-state index contributed by atoms with van der Waals surface area (Å²) in [6.07, 6.45) is 0.213. The molecule has 1 aliphatic rings. The molecular weight excluding hydrogens is 279 g/mol. The Bertz CT molecular complexity index is 507. The van der Waals surface area contributed by atoms with Gasteiger partial charge >= 0.3 is 5.97 Å². The second-order valence-electron chi connectivity index (χ2n) is 3.93. The molecule has 7 heteroatoms. The van der Waals surface area contributed by atoms with Gasteiger partial charge in [0, 0.05) is 27.7 Å². The average molecular weight is 289 g/mol. The summed E-state index contributed by atoms with van der Waals surface area (Å²) in [6.45, 7) is 0. The van der Waals surface area contributed by atoms with E-state index in [2.05, 4.69) is 15.2 Å². The number of hydrogen-bond acceptors (Lipinski definition) is 5. The SMILES string of the molecule is COC(=O)C1CC(N=O)c2c(Cl)cc(Cl)cc2N1. The van der Waals surface area contributed by atoms with Crippen molar-refractivity contribution in [1.82, 2.24) is 0 Å². The first kappa shape index (κ1) is 13.1. The summed E-state index contributed by atoms with van der Waals surface area (Å²) in [4.78, 5) is 22.4. The highest BCUT2D eigenvalue weighted by Crippen LogP contribution is 2.41. The molecule has 1 aliphatic heterocycles. The van der Waals surface area contributed by atoms with Crippen molar-refractivity contribution in [2.24, 2.45) is 5.18 Å². The lowest BCUT2D eigenvalue weighted by atomic mass is 9.93.